The minimum absolute atomic E-state index is 0.0381. The standard InChI is InChI=1S/C20H24BrN3O2/c1-14-11-16(21)12-15(2)19(14)22-20(25)24-9-7-23(8-10-24)17-5-4-6-18(13-17)26-3/h4-6,11-13H,7-10H2,1-3H3,(H,22,25). The van der Waals surface area contributed by atoms with E-state index in [4.69, 9.17) is 4.74 Å². The third-order valence-corrected chi connectivity index (χ3v) is 5.17. The van der Waals surface area contributed by atoms with Gasteiger partial charge in [0.05, 0.1) is 7.11 Å². The lowest BCUT2D eigenvalue weighted by atomic mass is 10.1. The lowest BCUT2D eigenvalue weighted by molar-refractivity contribution is 0.208. The molecular formula is C20H24BrN3O2. The van der Waals surface area contributed by atoms with Crippen LogP contribution in [-0.4, -0.2) is 44.2 Å². The van der Waals surface area contributed by atoms with Crippen LogP contribution >= 0.6 is 15.9 Å². The molecule has 2 aromatic carbocycles. The zero-order valence-corrected chi connectivity index (χ0v) is 17.0. The number of halogens is 1. The Hall–Kier alpha value is -2.21. The van der Waals surface area contributed by atoms with Crippen molar-refractivity contribution in [3.05, 3.63) is 52.0 Å². The lowest BCUT2D eigenvalue weighted by Gasteiger charge is -2.36. The third-order valence-electron chi connectivity index (χ3n) is 4.71. The summed E-state index contributed by atoms with van der Waals surface area (Å²) < 4.78 is 6.32. The lowest BCUT2D eigenvalue weighted by Crippen LogP contribution is -2.50. The number of carbonyl (C=O) groups is 1. The van der Waals surface area contributed by atoms with Crippen LogP contribution < -0.4 is 15.0 Å². The largest absolute Gasteiger partial charge is 0.497 e. The van der Waals surface area contributed by atoms with Gasteiger partial charge < -0.3 is 19.9 Å². The van der Waals surface area contributed by atoms with E-state index in [1.54, 1.807) is 7.11 Å². The van der Waals surface area contributed by atoms with Gasteiger partial charge in [0.15, 0.2) is 0 Å². The van der Waals surface area contributed by atoms with Gasteiger partial charge in [-0.3, -0.25) is 0 Å². The fourth-order valence-electron chi connectivity index (χ4n) is 3.27. The molecule has 1 aliphatic rings. The maximum absolute atomic E-state index is 12.7. The highest BCUT2D eigenvalue weighted by Gasteiger charge is 2.22. The zero-order valence-electron chi connectivity index (χ0n) is 15.4. The van der Waals surface area contributed by atoms with E-state index in [0.29, 0.717) is 13.1 Å². The minimum atomic E-state index is -0.0381. The Morgan fingerprint density at radius 1 is 1.08 bits per heavy atom. The molecule has 1 N–H and O–H groups in total. The van der Waals surface area contributed by atoms with Gasteiger partial charge in [0.2, 0.25) is 0 Å². The number of piperazine rings is 1. The summed E-state index contributed by atoms with van der Waals surface area (Å²) in [5.74, 6) is 0.851. The number of methoxy groups -OCH3 is 1. The van der Waals surface area contributed by atoms with Crippen molar-refractivity contribution < 1.29 is 9.53 Å². The van der Waals surface area contributed by atoms with Crippen molar-refractivity contribution in [2.24, 2.45) is 0 Å². The molecule has 1 aliphatic heterocycles. The number of nitrogens with one attached hydrogen (secondary N) is 1. The summed E-state index contributed by atoms with van der Waals surface area (Å²) in [5.41, 5.74) is 4.14. The number of aryl methyl sites for hydroxylation is 2. The molecule has 5 nitrogen and oxygen atoms in total. The molecule has 138 valence electrons. The van der Waals surface area contributed by atoms with Crippen LogP contribution in [0.3, 0.4) is 0 Å². The topological polar surface area (TPSA) is 44.8 Å². The smallest absolute Gasteiger partial charge is 0.321 e. The molecule has 0 bridgehead atoms. The van der Waals surface area contributed by atoms with Crippen molar-refractivity contribution in [3.8, 4) is 5.75 Å². The zero-order chi connectivity index (χ0) is 18.7. The van der Waals surface area contributed by atoms with Gasteiger partial charge in [-0.15, -0.1) is 0 Å². The minimum Gasteiger partial charge on any atom is -0.497 e. The molecule has 0 radical (unpaired) electrons. The van der Waals surface area contributed by atoms with Gasteiger partial charge in [-0.1, -0.05) is 22.0 Å². The first-order valence-electron chi connectivity index (χ1n) is 8.69. The van der Waals surface area contributed by atoms with Crippen LogP contribution in [0.5, 0.6) is 5.75 Å². The molecule has 26 heavy (non-hydrogen) atoms. The average Bonchev–Trinajstić information content (AvgIpc) is 2.64. The molecule has 0 atom stereocenters. The number of anilines is 2. The molecule has 1 saturated heterocycles. The first-order chi connectivity index (χ1) is 12.5. The summed E-state index contributed by atoms with van der Waals surface area (Å²) in [5, 5.41) is 3.08. The van der Waals surface area contributed by atoms with Crippen LogP contribution in [0.2, 0.25) is 0 Å². The Bertz CT molecular complexity index is 778. The van der Waals surface area contributed by atoms with Gasteiger partial charge in [-0.05, 0) is 49.2 Å². The summed E-state index contributed by atoms with van der Waals surface area (Å²) in [4.78, 5) is 16.8. The van der Waals surface area contributed by atoms with E-state index >= 15 is 0 Å². The molecule has 6 heteroatoms. The van der Waals surface area contributed by atoms with Crippen molar-refractivity contribution in [3.63, 3.8) is 0 Å². The molecule has 1 heterocycles. The second-order valence-electron chi connectivity index (χ2n) is 6.52. The summed E-state index contributed by atoms with van der Waals surface area (Å²) in [6, 6.07) is 12.0. The SMILES string of the molecule is COc1cccc(N2CCN(C(=O)Nc3c(C)cc(Br)cc3C)CC2)c1. The molecule has 0 spiro atoms. The normalized spacial score (nSPS) is 14.3. The predicted octanol–water partition coefficient (Wildman–Crippen LogP) is 4.43. The summed E-state index contributed by atoms with van der Waals surface area (Å²) >= 11 is 3.49. The number of benzene rings is 2. The Kier molecular flexibility index (Phi) is 5.71. The molecule has 2 amide bonds. The van der Waals surface area contributed by atoms with Crippen LogP contribution in [0.25, 0.3) is 0 Å². The maximum atomic E-state index is 12.7. The van der Waals surface area contributed by atoms with Crippen LogP contribution in [-0.2, 0) is 0 Å². The van der Waals surface area contributed by atoms with Crippen molar-refractivity contribution >= 4 is 33.3 Å². The van der Waals surface area contributed by atoms with Crippen molar-refractivity contribution in [1.82, 2.24) is 4.90 Å². The summed E-state index contributed by atoms with van der Waals surface area (Å²) in [7, 11) is 1.67. The number of hydrogen-bond acceptors (Lipinski definition) is 3. The maximum Gasteiger partial charge on any atom is 0.321 e. The molecular weight excluding hydrogens is 394 g/mol. The first kappa shape index (κ1) is 18.6. The predicted molar refractivity (Wildman–Crippen MR) is 109 cm³/mol. The number of nitrogens with zero attached hydrogens (tertiary/aromatic N) is 2. The number of rotatable bonds is 3. The van der Waals surface area contributed by atoms with Crippen LogP contribution in [0.15, 0.2) is 40.9 Å². The monoisotopic (exact) mass is 417 g/mol. The molecule has 0 aliphatic carbocycles. The average molecular weight is 418 g/mol. The van der Waals surface area contributed by atoms with E-state index in [-0.39, 0.29) is 6.03 Å². The molecule has 3 rings (SSSR count). The molecule has 0 unspecified atom stereocenters. The molecule has 0 aromatic heterocycles. The van der Waals surface area contributed by atoms with Crippen LogP contribution in [0.1, 0.15) is 11.1 Å². The van der Waals surface area contributed by atoms with Crippen molar-refractivity contribution in [1.29, 1.82) is 0 Å². The Morgan fingerprint density at radius 2 is 1.73 bits per heavy atom. The molecule has 1 fully saturated rings. The quantitative estimate of drug-likeness (QED) is 0.802. The van der Waals surface area contributed by atoms with Gasteiger partial charge in [0.25, 0.3) is 0 Å². The van der Waals surface area contributed by atoms with Crippen LogP contribution in [0, 0.1) is 13.8 Å². The number of ether oxygens (including phenoxy) is 1. The fraction of sp³-hybridized carbons (Fsp3) is 0.350. The van der Waals surface area contributed by atoms with Gasteiger partial charge >= 0.3 is 6.03 Å². The first-order valence-corrected chi connectivity index (χ1v) is 9.49. The summed E-state index contributed by atoms with van der Waals surface area (Å²) in [6.07, 6.45) is 0. The highest BCUT2D eigenvalue weighted by atomic mass is 79.9. The Balaban J connectivity index is 1.62. The fourth-order valence-corrected chi connectivity index (χ4v) is 3.96. The number of hydrogen-bond donors (Lipinski definition) is 1. The van der Waals surface area contributed by atoms with Crippen molar-refractivity contribution in [2.75, 3.05) is 43.5 Å². The van der Waals surface area contributed by atoms with E-state index in [2.05, 4.69) is 32.2 Å². The van der Waals surface area contributed by atoms with Crippen LogP contribution in [0.4, 0.5) is 16.2 Å². The number of carbonyl (C=O) groups excluding carboxylic acids is 1. The van der Waals surface area contributed by atoms with E-state index in [9.17, 15) is 4.79 Å². The summed E-state index contributed by atoms with van der Waals surface area (Å²) in [6.45, 7) is 7.01. The molecule has 2 aromatic rings. The van der Waals surface area contributed by atoms with E-state index in [0.717, 1.165) is 45.8 Å². The third kappa shape index (κ3) is 4.12. The Labute approximate surface area is 163 Å². The Morgan fingerprint density at radius 3 is 2.35 bits per heavy atom. The van der Waals surface area contributed by atoms with Gasteiger partial charge in [-0.25, -0.2) is 4.79 Å². The van der Waals surface area contributed by atoms with Gasteiger partial charge in [-0.2, -0.15) is 0 Å². The van der Waals surface area contributed by atoms with Crippen molar-refractivity contribution in [2.45, 2.75) is 13.8 Å². The van der Waals surface area contributed by atoms with E-state index < -0.39 is 0 Å². The second-order valence-corrected chi connectivity index (χ2v) is 7.44. The van der Waals surface area contributed by atoms with Gasteiger partial charge in [0.1, 0.15) is 5.75 Å². The van der Waals surface area contributed by atoms with E-state index in [1.165, 1.54) is 0 Å². The number of urea groups is 1. The van der Waals surface area contributed by atoms with Gasteiger partial charge in [0, 0.05) is 48.1 Å². The second kappa shape index (κ2) is 7.99. The number of amides is 2. The highest BCUT2D eigenvalue weighted by molar-refractivity contribution is 9.10. The molecule has 0 saturated carbocycles. The van der Waals surface area contributed by atoms with E-state index in [1.807, 2.05) is 49.1 Å². The highest BCUT2D eigenvalue weighted by Crippen LogP contribution is 2.26.